The van der Waals surface area contributed by atoms with Gasteiger partial charge in [0.15, 0.2) is 0 Å². The summed E-state index contributed by atoms with van der Waals surface area (Å²) in [5, 5.41) is 7.63. The van der Waals surface area contributed by atoms with Crippen LogP contribution in [0.2, 0.25) is 0 Å². The topological polar surface area (TPSA) is 87.6 Å². The third kappa shape index (κ3) is 5.84. The van der Waals surface area contributed by atoms with Crippen LogP contribution < -0.4 is 15.4 Å². The van der Waals surface area contributed by atoms with E-state index in [1.54, 1.807) is 30.5 Å². The Morgan fingerprint density at radius 1 is 1.17 bits per heavy atom. The average Bonchev–Trinajstić information content (AvgIpc) is 2.73. The molecule has 1 aromatic heterocycles. The van der Waals surface area contributed by atoms with E-state index in [2.05, 4.69) is 19.6 Å². The number of benzene rings is 1. The normalized spacial score (nSPS) is 15.5. The molecule has 0 atom stereocenters. The van der Waals surface area contributed by atoms with E-state index >= 15 is 0 Å². The molecule has 29 heavy (non-hydrogen) atoms. The molecule has 0 radical (unpaired) electrons. The highest BCUT2D eigenvalue weighted by Crippen LogP contribution is 2.23. The predicted molar refractivity (Wildman–Crippen MR) is 111 cm³/mol. The maximum absolute atomic E-state index is 12.3. The van der Waals surface area contributed by atoms with E-state index in [9.17, 15) is 8.78 Å². The van der Waals surface area contributed by atoms with Crippen LogP contribution in [0.25, 0.3) is 5.57 Å². The second-order valence-corrected chi connectivity index (χ2v) is 6.60. The highest BCUT2D eigenvalue weighted by atomic mass is 19.3. The third-order valence-corrected chi connectivity index (χ3v) is 4.54. The number of alkyl halides is 2. The Morgan fingerprint density at radius 2 is 1.90 bits per heavy atom. The van der Waals surface area contributed by atoms with E-state index in [0.29, 0.717) is 16.8 Å². The Morgan fingerprint density at radius 3 is 2.55 bits per heavy atom. The van der Waals surface area contributed by atoms with E-state index in [1.807, 2.05) is 6.07 Å². The fourth-order valence-corrected chi connectivity index (χ4v) is 3.15. The number of anilines is 1. The number of nitrogens with two attached hydrogens (primary N) is 1. The zero-order chi connectivity index (χ0) is 20.6. The first-order valence-electron chi connectivity index (χ1n) is 9.38. The van der Waals surface area contributed by atoms with Gasteiger partial charge in [0.05, 0.1) is 5.69 Å². The lowest BCUT2D eigenvalue weighted by Crippen LogP contribution is -2.29. The van der Waals surface area contributed by atoms with Crippen molar-refractivity contribution in [3.63, 3.8) is 0 Å². The highest BCUT2D eigenvalue weighted by molar-refractivity contribution is 6.16. The number of pyridine rings is 1. The Hall–Kier alpha value is -3.29. The molecule has 3 N–H and O–H groups in total. The Balaban J connectivity index is 1.77. The lowest BCUT2D eigenvalue weighted by Gasteiger charge is -2.27. The Kier molecular flexibility index (Phi) is 6.89. The van der Waals surface area contributed by atoms with Crippen LogP contribution in [0.3, 0.4) is 0 Å². The minimum Gasteiger partial charge on any atom is -0.435 e. The number of hydrogen-bond donors (Lipinski definition) is 2. The second kappa shape index (κ2) is 9.77. The van der Waals surface area contributed by atoms with Gasteiger partial charge >= 0.3 is 6.61 Å². The van der Waals surface area contributed by atoms with Crippen molar-refractivity contribution < 1.29 is 13.5 Å². The summed E-state index contributed by atoms with van der Waals surface area (Å²) in [4.78, 5) is 11.1. The lowest BCUT2D eigenvalue weighted by atomic mass is 10.1. The molecule has 1 aromatic carbocycles. The largest absolute Gasteiger partial charge is 0.435 e. The van der Waals surface area contributed by atoms with Gasteiger partial charge in [0.1, 0.15) is 17.4 Å². The van der Waals surface area contributed by atoms with Crippen molar-refractivity contribution in [3.8, 4) is 5.75 Å². The van der Waals surface area contributed by atoms with Crippen molar-refractivity contribution in [2.45, 2.75) is 25.9 Å². The molecule has 1 saturated heterocycles. The quantitative estimate of drug-likeness (QED) is 0.534. The van der Waals surface area contributed by atoms with Crippen LogP contribution in [-0.2, 0) is 0 Å². The average molecular weight is 399 g/mol. The number of amidine groups is 1. The number of allylic oxidation sites excluding steroid dienone is 1. The molecule has 2 aromatic rings. The van der Waals surface area contributed by atoms with Crippen LogP contribution in [0.4, 0.5) is 20.3 Å². The number of rotatable bonds is 7. The molecule has 0 spiro atoms. The molecule has 8 heteroatoms. The van der Waals surface area contributed by atoms with Crippen LogP contribution in [0.5, 0.6) is 5.75 Å². The minimum absolute atomic E-state index is 0.0525. The van der Waals surface area contributed by atoms with Crippen LogP contribution >= 0.6 is 0 Å². The summed E-state index contributed by atoms with van der Waals surface area (Å²) in [7, 11) is 0. The molecule has 1 aliphatic rings. The molecule has 0 amide bonds. The molecule has 6 nitrogen and oxygen atoms in total. The fraction of sp³-hybridized carbons (Fsp3) is 0.286. The minimum atomic E-state index is -2.88. The summed E-state index contributed by atoms with van der Waals surface area (Å²) in [6.07, 6.45) is 7.97. The van der Waals surface area contributed by atoms with Crippen molar-refractivity contribution >= 4 is 29.1 Å². The van der Waals surface area contributed by atoms with Crippen molar-refractivity contribution in [2.24, 2.45) is 10.7 Å². The highest BCUT2D eigenvalue weighted by Gasteiger charge is 2.12. The SMILES string of the molecule is N=C/C(=C\C(N)=Nc1ccnc(N2CCCCC2)c1)c1ccc(OC(F)F)cc1. The molecule has 0 bridgehead atoms. The standard InChI is InChI=1S/C21H23F2N5O/c22-21(23)29-18-6-4-15(5-7-18)16(14-24)12-19(25)27-17-8-9-26-20(13-17)28-10-2-1-3-11-28/h4-9,12-14,21,24H,1-3,10-11H2,(H2,25,26,27)/b16-12+,24-14?. The maximum Gasteiger partial charge on any atom is 0.387 e. The van der Waals surface area contributed by atoms with E-state index < -0.39 is 6.61 Å². The first kappa shape index (κ1) is 20.4. The number of piperidine rings is 1. The fourth-order valence-electron chi connectivity index (χ4n) is 3.15. The molecular formula is C21H23F2N5O. The lowest BCUT2D eigenvalue weighted by molar-refractivity contribution is -0.0498. The van der Waals surface area contributed by atoms with Gasteiger partial charge in [0.2, 0.25) is 0 Å². The van der Waals surface area contributed by atoms with Crippen molar-refractivity contribution in [2.75, 3.05) is 18.0 Å². The van der Waals surface area contributed by atoms with E-state index in [4.69, 9.17) is 11.1 Å². The van der Waals surface area contributed by atoms with E-state index in [-0.39, 0.29) is 11.6 Å². The van der Waals surface area contributed by atoms with Gasteiger partial charge in [-0.2, -0.15) is 8.78 Å². The molecule has 0 unspecified atom stereocenters. The van der Waals surface area contributed by atoms with Crippen LogP contribution in [0.1, 0.15) is 24.8 Å². The van der Waals surface area contributed by atoms with Crippen LogP contribution in [-0.4, -0.2) is 36.7 Å². The zero-order valence-electron chi connectivity index (χ0n) is 15.9. The maximum atomic E-state index is 12.3. The second-order valence-electron chi connectivity index (χ2n) is 6.60. The Labute approximate surface area is 168 Å². The van der Waals surface area contributed by atoms with Crippen molar-refractivity contribution in [1.29, 1.82) is 5.41 Å². The van der Waals surface area contributed by atoms with E-state index in [0.717, 1.165) is 38.0 Å². The van der Waals surface area contributed by atoms with Gasteiger partial charge in [-0.3, -0.25) is 0 Å². The summed E-state index contributed by atoms with van der Waals surface area (Å²) < 4.78 is 28.9. The van der Waals surface area contributed by atoms with Crippen LogP contribution in [0.15, 0.2) is 53.7 Å². The third-order valence-electron chi connectivity index (χ3n) is 4.54. The molecule has 0 saturated carbocycles. The van der Waals surface area contributed by atoms with Crippen molar-refractivity contribution in [3.05, 3.63) is 54.2 Å². The first-order chi connectivity index (χ1) is 14.0. The molecule has 1 fully saturated rings. The Bertz CT molecular complexity index is 890. The summed E-state index contributed by atoms with van der Waals surface area (Å²) in [5.74, 6) is 1.16. The number of ether oxygens (including phenoxy) is 1. The number of aliphatic imine (C=N–C) groups is 1. The van der Waals surface area contributed by atoms with Gasteiger partial charge in [0, 0.05) is 37.1 Å². The van der Waals surface area contributed by atoms with Gasteiger partial charge in [-0.05, 0) is 49.1 Å². The molecular weight excluding hydrogens is 376 g/mol. The summed E-state index contributed by atoms with van der Waals surface area (Å²) in [6.45, 7) is -0.908. The molecule has 0 aliphatic carbocycles. The molecule has 2 heterocycles. The van der Waals surface area contributed by atoms with Gasteiger partial charge in [-0.1, -0.05) is 12.1 Å². The molecule has 1 aliphatic heterocycles. The number of nitrogens with one attached hydrogen (secondary N) is 1. The predicted octanol–water partition coefficient (Wildman–Crippen LogP) is 4.40. The molecule has 152 valence electrons. The van der Waals surface area contributed by atoms with E-state index in [1.165, 1.54) is 18.6 Å². The smallest absolute Gasteiger partial charge is 0.387 e. The van der Waals surface area contributed by atoms with Gasteiger partial charge in [-0.25, -0.2) is 9.98 Å². The summed E-state index contributed by atoms with van der Waals surface area (Å²) in [5.41, 5.74) is 7.88. The first-order valence-corrected chi connectivity index (χ1v) is 9.38. The number of hydrogen-bond acceptors (Lipinski definition) is 5. The van der Waals surface area contributed by atoms with Gasteiger partial charge in [-0.15, -0.1) is 0 Å². The zero-order valence-corrected chi connectivity index (χ0v) is 15.9. The van der Waals surface area contributed by atoms with Gasteiger partial charge in [0.25, 0.3) is 0 Å². The summed E-state index contributed by atoms with van der Waals surface area (Å²) >= 11 is 0. The van der Waals surface area contributed by atoms with Crippen LogP contribution in [0, 0.1) is 5.41 Å². The monoisotopic (exact) mass is 399 g/mol. The van der Waals surface area contributed by atoms with Gasteiger partial charge < -0.3 is 20.8 Å². The number of nitrogens with zero attached hydrogens (tertiary/aromatic N) is 3. The summed E-state index contributed by atoms with van der Waals surface area (Å²) in [6, 6.07) is 9.67. The van der Waals surface area contributed by atoms with Crippen molar-refractivity contribution in [1.82, 2.24) is 4.98 Å². The number of aromatic nitrogens is 1. The molecule has 3 rings (SSSR count). The number of halogens is 2.